The van der Waals surface area contributed by atoms with Gasteiger partial charge in [0.25, 0.3) is 0 Å². The molecule has 0 atom stereocenters. The largest absolute Gasteiger partial charge is 0.443 e. The molecule has 220 valence electrons. The summed E-state index contributed by atoms with van der Waals surface area (Å²) in [5.41, 5.74) is 0.0117. The first-order valence-electron chi connectivity index (χ1n) is 13.6. The molecule has 1 aliphatic heterocycles. The van der Waals surface area contributed by atoms with Gasteiger partial charge in [-0.05, 0) is 71.9 Å². The van der Waals surface area contributed by atoms with Gasteiger partial charge in [0.2, 0.25) is 11.2 Å². The van der Waals surface area contributed by atoms with Crippen LogP contribution in [0.25, 0.3) is 22.6 Å². The van der Waals surface area contributed by atoms with E-state index in [4.69, 9.17) is 35.8 Å². The zero-order valence-corrected chi connectivity index (χ0v) is 24.9. The summed E-state index contributed by atoms with van der Waals surface area (Å²) in [6.45, 7) is 13.3. The van der Waals surface area contributed by atoms with Crippen molar-refractivity contribution in [3.05, 3.63) is 17.7 Å². The number of carbonyl (C=O) groups excluding carboxylic acids is 2. The molecule has 1 saturated carbocycles. The Morgan fingerprint density at radius 3 is 2.10 bits per heavy atom. The van der Waals surface area contributed by atoms with Gasteiger partial charge in [-0.1, -0.05) is 0 Å². The molecule has 0 unspecified atom stereocenters. The average molecular weight is 587 g/mol. The van der Waals surface area contributed by atoms with Crippen molar-refractivity contribution in [3.8, 4) is 11.4 Å². The summed E-state index contributed by atoms with van der Waals surface area (Å²) in [5, 5.41) is 0.366. The van der Waals surface area contributed by atoms with E-state index < -0.39 is 23.4 Å². The molecule has 4 heterocycles. The van der Waals surface area contributed by atoms with Crippen LogP contribution in [0.3, 0.4) is 0 Å². The quantitative estimate of drug-likeness (QED) is 0.379. The van der Waals surface area contributed by atoms with Crippen LogP contribution in [-0.4, -0.2) is 79.2 Å². The van der Waals surface area contributed by atoms with Gasteiger partial charge in [0.15, 0.2) is 22.8 Å². The van der Waals surface area contributed by atoms with E-state index >= 15 is 0 Å². The lowest BCUT2D eigenvalue weighted by Gasteiger charge is -2.28. The third kappa shape index (κ3) is 6.84. The summed E-state index contributed by atoms with van der Waals surface area (Å²) in [4.78, 5) is 51.7. The Bertz CT molecular complexity index is 1410. The van der Waals surface area contributed by atoms with Crippen molar-refractivity contribution >= 4 is 46.7 Å². The van der Waals surface area contributed by atoms with E-state index in [1.165, 1.54) is 12.4 Å². The molecule has 41 heavy (non-hydrogen) atoms. The molecule has 0 aromatic carbocycles. The zero-order valence-electron chi connectivity index (χ0n) is 24.2. The number of ether oxygens (including phenoxy) is 3. The minimum atomic E-state index is -0.953. The molecular weight excluding hydrogens is 552 g/mol. The summed E-state index contributed by atoms with van der Waals surface area (Å²) in [6.07, 6.45) is 3.29. The lowest BCUT2D eigenvalue weighted by atomic mass is 10.2. The van der Waals surface area contributed by atoms with Crippen LogP contribution in [0.2, 0.25) is 5.28 Å². The molecule has 0 N–H and O–H groups in total. The van der Waals surface area contributed by atoms with E-state index in [-0.39, 0.29) is 5.95 Å². The highest BCUT2D eigenvalue weighted by molar-refractivity contribution is 6.29. The molecule has 0 bridgehead atoms. The predicted octanol–water partition coefficient (Wildman–Crippen LogP) is 4.86. The fraction of sp³-hybridized carbons (Fsp3) is 0.593. The van der Waals surface area contributed by atoms with Crippen LogP contribution >= 0.6 is 11.6 Å². The van der Waals surface area contributed by atoms with Gasteiger partial charge in [0.05, 0.1) is 18.8 Å². The zero-order chi connectivity index (χ0) is 29.5. The molecule has 0 radical (unpaired) electrons. The number of carbonyl (C=O) groups is 2. The van der Waals surface area contributed by atoms with Crippen molar-refractivity contribution in [2.45, 2.75) is 72.1 Å². The van der Waals surface area contributed by atoms with Crippen molar-refractivity contribution in [2.24, 2.45) is 5.92 Å². The molecule has 1 saturated heterocycles. The molecule has 3 aromatic rings. The summed E-state index contributed by atoms with van der Waals surface area (Å²) in [5.74, 6) is 1.36. The Kier molecular flexibility index (Phi) is 7.77. The van der Waals surface area contributed by atoms with E-state index in [0.29, 0.717) is 70.8 Å². The number of rotatable bonds is 5. The van der Waals surface area contributed by atoms with Gasteiger partial charge in [0, 0.05) is 32.0 Å². The van der Waals surface area contributed by atoms with Crippen LogP contribution in [-0.2, 0) is 20.8 Å². The number of nitrogens with zero attached hydrogens (tertiary/aromatic N) is 8. The first-order valence-corrected chi connectivity index (χ1v) is 14.0. The fourth-order valence-corrected chi connectivity index (χ4v) is 4.44. The predicted molar refractivity (Wildman–Crippen MR) is 152 cm³/mol. The third-order valence-corrected chi connectivity index (χ3v) is 6.52. The number of anilines is 2. The van der Waals surface area contributed by atoms with E-state index in [0.717, 1.165) is 19.4 Å². The Hall–Kier alpha value is -3.58. The number of aromatic nitrogens is 6. The van der Waals surface area contributed by atoms with E-state index in [1.54, 1.807) is 41.5 Å². The van der Waals surface area contributed by atoms with Gasteiger partial charge >= 0.3 is 12.2 Å². The highest BCUT2D eigenvalue weighted by Crippen LogP contribution is 2.35. The average Bonchev–Trinajstić information content (AvgIpc) is 3.65. The van der Waals surface area contributed by atoms with Crippen LogP contribution in [0.1, 0.15) is 54.4 Å². The molecule has 1 aliphatic carbocycles. The van der Waals surface area contributed by atoms with Gasteiger partial charge in [-0.25, -0.2) is 34.5 Å². The van der Waals surface area contributed by atoms with E-state index in [1.807, 2.05) is 4.57 Å². The Morgan fingerprint density at radius 1 is 0.976 bits per heavy atom. The number of imidazole rings is 1. The second kappa shape index (κ2) is 11.0. The lowest BCUT2D eigenvalue weighted by Crippen LogP contribution is -2.44. The molecule has 2 amide bonds. The van der Waals surface area contributed by atoms with Crippen molar-refractivity contribution in [1.29, 1.82) is 0 Å². The minimum Gasteiger partial charge on any atom is -0.443 e. The number of hydrogen-bond acceptors (Lipinski definition) is 11. The Morgan fingerprint density at radius 2 is 1.56 bits per heavy atom. The lowest BCUT2D eigenvalue weighted by molar-refractivity contribution is 0.0427. The topological polar surface area (TPSA) is 138 Å². The maximum atomic E-state index is 13.0. The molecule has 2 aliphatic rings. The van der Waals surface area contributed by atoms with Crippen LogP contribution in [0.4, 0.5) is 21.4 Å². The molecule has 5 rings (SSSR count). The van der Waals surface area contributed by atoms with Crippen molar-refractivity contribution in [1.82, 2.24) is 29.5 Å². The number of hydrogen-bond donors (Lipinski definition) is 0. The minimum absolute atomic E-state index is 0.200. The van der Waals surface area contributed by atoms with Crippen LogP contribution in [0, 0.1) is 5.92 Å². The summed E-state index contributed by atoms with van der Waals surface area (Å²) >= 11 is 6.58. The summed E-state index contributed by atoms with van der Waals surface area (Å²) < 4.78 is 18.3. The van der Waals surface area contributed by atoms with Crippen LogP contribution < -0.4 is 9.80 Å². The molecule has 13 nitrogen and oxygen atoms in total. The molecule has 14 heteroatoms. The standard InChI is InChI=1S/C27H35ClN8O5/c1-26(2,3)40-24(37)36(25(38)41-27(4,5)6)23-29-13-17(14-30-23)19-32-20(34-9-11-39-12-10-34)18-21(33-19)35(22(28)31-18)15-16-7-8-16/h13-14,16H,7-12,15H2,1-6H3. The number of morpholine rings is 1. The van der Waals surface area contributed by atoms with Gasteiger partial charge in [-0.2, -0.15) is 0 Å². The fourth-order valence-electron chi connectivity index (χ4n) is 4.21. The van der Waals surface area contributed by atoms with Gasteiger partial charge < -0.3 is 19.1 Å². The molecule has 0 spiro atoms. The number of imide groups is 1. The van der Waals surface area contributed by atoms with E-state index in [9.17, 15) is 9.59 Å². The Labute approximate surface area is 243 Å². The van der Waals surface area contributed by atoms with Crippen LogP contribution in [0.5, 0.6) is 0 Å². The van der Waals surface area contributed by atoms with Gasteiger partial charge in [-0.3, -0.25) is 4.57 Å². The number of fused-ring (bicyclic) bond motifs is 1. The SMILES string of the molecule is CC(C)(C)OC(=O)N(C(=O)OC(C)(C)C)c1ncc(-c2nc(N3CCOCC3)c3nc(Cl)n(CC4CC4)c3n2)cn1. The monoisotopic (exact) mass is 586 g/mol. The maximum absolute atomic E-state index is 13.0. The molecule has 3 aromatic heterocycles. The summed E-state index contributed by atoms with van der Waals surface area (Å²) in [6, 6.07) is 0. The first-order chi connectivity index (χ1) is 19.3. The highest BCUT2D eigenvalue weighted by atomic mass is 35.5. The first kappa shape index (κ1) is 28.9. The van der Waals surface area contributed by atoms with E-state index in [2.05, 4.69) is 19.9 Å². The second-order valence-electron chi connectivity index (χ2n) is 12.1. The van der Waals surface area contributed by atoms with Gasteiger partial charge in [-0.15, -0.1) is 4.90 Å². The van der Waals surface area contributed by atoms with Crippen molar-refractivity contribution in [3.63, 3.8) is 0 Å². The molecular formula is C27H35ClN8O5. The molecule has 2 fully saturated rings. The normalized spacial score (nSPS) is 16.1. The number of amides is 2. The highest BCUT2D eigenvalue weighted by Gasteiger charge is 2.35. The van der Waals surface area contributed by atoms with Crippen LogP contribution in [0.15, 0.2) is 12.4 Å². The summed E-state index contributed by atoms with van der Waals surface area (Å²) in [7, 11) is 0. The van der Waals surface area contributed by atoms with Gasteiger partial charge in [0.1, 0.15) is 11.2 Å². The number of halogens is 1. The Balaban J connectivity index is 1.53. The third-order valence-electron chi connectivity index (χ3n) is 6.23. The van der Waals surface area contributed by atoms with Crippen molar-refractivity contribution < 1.29 is 23.8 Å². The maximum Gasteiger partial charge on any atom is 0.427 e. The van der Waals surface area contributed by atoms with Crippen molar-refractivity contribution in [2.75, 3.05) is 36.1 Å². The smallest absolute Gasteiger partial charge is 0.427 e. The second-order valence-corrected chi connectivity index (χ2v) is 12.5.